The minimum absolute atomic E-state index is 0.204. The van der Waals surface area contributed by atoms with Crippen LogP contribution in [0.4, 0.5) is 5.82 Å². The molecular formula is C12H18N5O7PS. The maximum Gasteiger partial charge on any atom is 0.321 e. The van der Waals surface area contributed by atoms with Crippen molar-refractivity contribution in [1.82, 2.24) is 19.5 Å². The Labute approximate surface area is 152 Å². The van der Waals surface area contributed by atoms with Gasteiger partial charge in [-0.2, -0.15) is 0 Å². The topological polar surface area (TPSA) is 167 Å². The number of aromatic nitrogens is 4. The molecule has 0 spiro atoms. The molecule has 0 aliphatic carbocycles. The Morgan fingerprint density at radius 2 is 2.12 bits per heavy atom. The third-order valence-corrected chi connectivity index (χ3v) is 4.69. The molecule has 0 radical (unpaired) electrons. The third kappa shape index (κ3) is 3.86. The summed E-state index contributed by atoms with van der Waals surface area (Å²) in [6.07, 6.45) is -0.260. The quantitative estimate of drug-likeness (QED) is 0.323. The van der Waals surface area contributed by atoms with E-state index < -0.39 is 38.1 Å². The molecule has 2 aromatic heterocycles. The molecule has 3 heterocycles. The fourth-order valence-corrected chi connectivity index (χ4v) is 3.37. The summed E-state index contributed by atoms with van der Waals surface area (Å²) in [6.45, 7) is -4.69. The van der Waals surface area contributed by atoms with Crippen LogP contribution >= 0.6 is 6.72 Å². The predicted molar refractivity (Wildman–Crippen MR) is 91.1 cm³/mol. The van der Waals surface area contributed by atoms with E-state index in [1.54, 1.807) is 4.57 Å². The smallest absolute Gasteiger partial charge is 0.321 e. The van der Waals surface area contributed by atoms with E-state index in [9.17, 15) is 14.9 Å². The van der Waals surface area contributed by atoms with Gasteiger partial charge in [0.1, 0.15) is 36.9 Å². The number of fused-ring (bicyclic) bond motifs is 1. The lowest BCUT2D eigenvalue weighted by Gasteiger charge is -2.23. The second-order valence-electron chi connectivity index (χ2n) is 5.40. The number of rotatable bonds is 7. The van der Waals surface area contributed by atoms with Crippen molar-refractivity contribution in [3.05, 3.63) is 12.7 Å². The SMILES string of the molecule is COC1C(COP(O)(O)=S)OC(n2cnc3c(N)ncnc32)C1OCO. The van der Waals surface area contributed by atoms with Gasteiger partial charge in [0, 0.05) is 7.11 Å². The highest BCUT2D eigenvalue weighted by Gasteiger charge is 2.48. The molecule has 1 saturated heterocycles. The maximum atomic E-state index is 9.27. The summed E-state index contributed by atoms with van der Waals surface area (Å²) in [5.74, 6) is 0.204. The zero-order valence-electron chi connectivity index (χ0n) is 13.6. The molecule has 0 saturated carbocycles. The van der Waals surface area contributed by atoms with Crippen molar-refractivity contribution in [2.75, 3.05) is 26.2 Å². The number of hydrogen-bond donors (Lipinski definition) is 4. The van der Waals surface area contributed by atoms with Crippen LogP contribution in [0.1, 0.15) is 6.23 Å². The van der Waals surface area contributed by atoms with Crippen molar-refractivity contribution in [2.45, 2.75) is 24.5 Å². The Morgan fingerprint density at radius 1 is 1.35 bits per heavy atom. The second-order valence-corrected chi connectivity index (χ2v) is 8.06. The first-order valence-electron chi connectivity index (χ1n) is 7.39. The highest BCUT2D eigenvalue weighted by molar-refractivity contribution is 8.06. The van der Waals surface area contributed by atoms with Crippen molar-refractivity contribution < 1.29 is 33.6 Å². The molecule has 4 atom stereocenters. The standard InChI is InChI=1S/C12H18N5O7PS/c1-21-8-6(2-23-25(19,20)26)24-12(9(8)22-5-18)17-4-16-7-10(13)14-3-15-11(7)17/h3-4,6,8-9,12,18H,2,5H2,1H3,(H2,13,14,15)(H2,19,20,26). The van der Waals surface area contributed by atoms with Gasteiger partial charge in [0.25, 0.3) is 0 Å². The van der Waals surface area contributed by atoms with Crippen molar-refractivity contribution in [1.29, 1.82) is 0 Å². The molecular weight excluding hydrogens is 389 g/mol. The van der Waals surface area contributed by atoms with Crippen LogP contribution in [0.15, 0.2) is 12.7 Å². The minimum Gasteiger partial charge on any atom is -0.382 e. The van der Waals surface area contributed by atoms with Crippen LogP contribution < -0.4 is 5.73 Å². The molecule has 0 aromatic carbocycles. The zero-order chi connectivity index (χ0) is 18.9. The average Bonchev–Trinajstić information content (AvgIpc) is 3.14. The summed E-state index contributed by atoms with van der Waals surface area (Å²) in [7, 11) is 1.43. The average molecular weight is 407 g/mol. The summed E-state index contributed by atoms with van der Waals surface area (Å²) in [5, 5.41) is 9.23. The first-order valence-corrected chi connectivity index (χ1v) is 10.0. The monoisotopic (exact) mass is 407 g/mol. The summed E-state index contributed by atoms with van der Waals surface area (Å²) in [4.78, 5) is 30.7. The van der Waals surface area contributed by atoms with Crippen LogP contribution in [0.5, 0.6) is 0 Å². The highest BCUT2D eigenvalue weighted by atomic mass is 32.5. The van der Waals surface area contributed by atoms with Crippen LogP contribution in [0.3, 0.4) is 0 Å². The van der Waals surface area contributed by atoms with Crippen LogP contribution in [-0.4, -0.2) is 73.2 Å². The van der Waals surface area contributed by atoms with E-state index in [1.807, 2.05) is 0 Å². The maximum absolute atomic E-state index is 9.27. The molecule has 12 nitrogen and oxygen atoms in total. The second kappa shape index (κ2) is 7.76. The minimum atomic E-state index is -3.86. The van der Waals surface area contributed by atoms with E-state index >= 15 is 0 Å². The summed E-state index contributed by atoms with van der Waals surface area (Å²) in [5.41, 5.74) is 6.58. The Hall–Kier alpha value is -1.28. The van der Waals surface area contributed by atoms with Crippen LogP contribution in [0.25, 0.3) is 11.2 Å². The van der Waals surface area contributed by atoms with Crippen LogP contribution in [0, 0.1) is 0 Å². The molecule has 14 heteroatoms. The van der Waals surface area contributed by atoms with Gasteiger partial charge in [-0.15, -0.1) is 0 Å². The van der Waals surface area contributed by atoms with Crippen LogP contribution in [0.2, 0.25) is 0 Å². The number of nitrogens with two attached hydrogens (primary N) is 1. The van der Waals surface area contributed by atoms with Crippen molar-refractivity contribution in [3.63, 3.8) is 0 Å². The van der Waals surface area contributed by atoms with Gasteiger partial charge in [0.2, 0.25) is 0 Å². The number of anilines is 1. The molecule has 1 aliphatic heterocycles. The number of imidazole rings is 1. The molecule has 5 N–H and O–H groups in total. The highest BCUT2D eigenvalue weighted by Crippen LogP contribution is 2.40. The molecule has 1 fully saturated rings. The number of aliphatic hydroxyl groups is 1. The summed E-state index contributed by atoms with van der Waals surface area (Å²) in [6, 6.07) is 0. The molecule has 4 unspecified atom stereocenters. The molecule has 26 heavy (non-hydrogen) atoms. The number of methoxy groups -OCH3 is 1. The van der Waals surface area contributed by atoms with E-state index in [1.165, 1.54) is 19.8 Å². The van der Waals surface area contributed by atoms with E-state index in [0.717, 1.165) is 0 Å². The lowest BCUT2D eigenvalue weighted by atomic mass is 10.1. The van der Waals surface area contributed by atoms with Gasteiger partial charge >= 0.3 is 6.72 Å². The molecule has 2 aromatic rings. The van der Waals surface area contributed by atoms with E-state index in [4.69, 9.17) is 24.5 Å². The van der Waals surface area contributed by atoms with Crippen molar-refractivity contribution in [2.24, 2.45) is 0 Å². The van der Waals surface area contributed by atoms with Gasteiger partial charge in [0.05, 0.1) is 12.9 Å². The fraction of sp³-hybridized carbons (Fsp3) is 0.583. The molecule has 0 bridgehead atoms. The van der Waals surface area contributed by atoms with Crippen molar-refractivity contribution >= 4 is 35.5 Å². The summed E-state index contributed by atoms with van der Waals surface area (Å²) >= 11 is 4.45. The first-order chi connectivity index (χ1) is 12.4. The molecule has 3 rings (SSSR count). The van der Waals surface area contributed by atoms with Gasteiger partial charge in [-0.1, -0.05) is 0 Å². The predicted octanol–water partition coefficient (Wildman–Crippen LogP) is -1.12. The molecule has 0 amide bonds. The molecule has 144 valence electrons. The van der Waals surface area contributed by atoms with Gasteiger partial charge in [0.15, 0.2) is 17.7 Å². The Morgan fingerprint density at radius 3 is 2.77 bits per heavy atom. The van der Waals surface area contributed by atoms with Gasteiger partial charge in [-0.05, 0) is 11.8 Å². The lowest BCUT2D eigenvalue weighted by Crippen LogP contribution is -2.37. The van der Waals surface area contributed by atoms with E-state index in [-0.39, 0.29) is 12.4 Å². The van der Waals surface area contributed by atoms with Crippen LogP contribution in [-0.2, 0) is 30.5 Å². The Balaban J connectivity index is 1.93. The fourth-order valence-electron chi connectivity index (χ4n) is 2.84. The van der Waals surface area contributed by atoms with Crippen molar-refractivity contribution in [3.8, 4) is 0 Å². The van der Waals surface area contributed by atoms with Gasteiger partial charge in [-0.3, -0.25) is 4.57 Å². The first kappa shape index (κ1) is 19.5. The number of ether oxygens (including phenoxy) is 3. The Kier molecular flexibility index (Phi) is 5.81. The third-order valence-electron chi connectivity index (χ3n) is 3.89. The summed E-state index contributed by atoms with van der Waals surface area (Å²) < 4.78 is 23.1. The van der Waals surface area contributed by atoms with E-state index in [2.05, 4.69) is 26.8 Å². The number of aliphatic hydroxyl groups excluding tert-OH is 1. The van der Waals surface area contributed by atoms with E-state index in [0.29, 0.717) is 11.2 Å². The number of nitrogen functional groups attached to an aromatic ring is 1. The normalized spacial score (nSPS) is 26.6. The zero-order valence-corrected chi connectivity index (χ0v) is 15.3. The number of nitrogens with zero attached hydrogens (tertiary/aromatic N) is 4. The number of hydrogen-bond acceptors (Lipinski definition) is 10. The van der Waals surface area contributed by atoms with Gasteiger partial charge in [-0.25, -0.2) is 15.0 Å². The lowest BCUT2D eigenvalue weighted by molar-refractivity contribution is -0.120. The molecule has 1 aliphatic rings. The van der Waals surface area contributed by atoms with Gasteiger partial charge < -0.3 is 39.4 Å². The largest absolute Gasteiger partial charge is 0.382 e. The Bertz CT molecular complexity index is 816.